The fraction of sp³-hybridized carbons (Fsp3) is 0.400. The predicted octanol–water partition coefficient (Wildman–Crippen LogP) is 0.903. The van der Waals surface area contributed by atoms with E-state index in [1.165, 1.54) is 0 Å². The number of nitrogens with one attached hydrogen (secondary N) is 1. The lowest BCUT2D eigenvalue weighted by molar-refractivity contribution is -0.116. The molecule has 0 bridgehead atoms. The van der Waals surface area contributed by atoms with Crippen molar-refractivity contribution in [1.82, 2.24) is 0 Å². The van der Waals surface area contributed by atoms with Gasteiger partial charge in [0, 0.05) is 11.3 Å². The molecule has 0 aliphatic carbocycles. The zero-order valence-electron chi connectivity index (χ0n) is 11.6. The molecule has 1 aromatic carbocycles. The van der Waals surface area contributed by atoms with E-state index in [9.17, 15) is 13.2 Å². The number of carbonyl (C=O) groups is 1. The highest BCUT2D eigenvalue weighted by Gasteiger charge is 2.34. The Morgan fingerprint density at radius 1 is 1.38 bits per heavy atom. The lowest BCUT2D eigenvalue weighted by atomic mass is 10.1. The van der Waals surface area contributed by atoms with Crippen LogP contribution in [0.1, 0.15) is 24.8 Å². The summed E-state index contributed by atoms with van der Waals surface area (Å²) in [7, 11) is -3.32. The van der Waals surface area contributed by atoms with Gasteiger partial charge in [-0.15, -0.1) is 0 Å². The summed E-state index contributed by atoms with van der Waals surface area (Å²) in [5, 5.41) is 1.73. The third kappa shape index (κ3) is 4.06. The van der Waals surface area contributed by atoms with Crippen LogP contribution in [-0.2, 0) is 14.6 Å². The number of anilines is 1. The lowest BCUT2D eigenvalue weighted by Crippen LogP contribution is -2.39. The van der Waals surface area contributed by atoms with E-state index < -0.39 is 21.0 Å². The summed E-state index contributed by atoms with van der Waals surface area (Å²) in [6.07, 6.45) is 1.79. The summed E-state index contributed by atoms with van der Waals surface area (Å²) in [6, 6.07) is 6.97. The molecule has 1 aromatic rings. The molecule has 6 heteroatoms. The fourth-order valence-electron chi connectivity index (χ4n) is 2.30. The zero-order chi connectivity index (χ0) is 15.3. The molecule has 0 aromatic heterocycles. The molecule has 112 valence electrons. The largest absolute Gasteiger partial charge is 0.325 e. The molecule has 1 aliphatic heterocycles. The van der Waals surface area contributed by atoms with Crippen LogP contribution in [0.15, 0.2) is 24.3 Å². The molecule has 1 fully saturated rings. The molecule has 1 saturated heterocycles. The van der Waals surface area contributed by atoms with E-state index in [-0.39, 0.29) is 12.3 Å². The van der Waals surface area contributed by atoms with E-state index in [4.69, 9.17) is 5.73 Å². The second kappa shape index (κ2) is 6.74. The summed E-state index contributed by atoms with van der Waals surface area (Å²) >= 11 is 0. The Morgan fingerprint density at radius 3 is 2.90 bits per heavy atom. The number of carbonyl (C=O) groups excluding carboxylic acids is 1. The number of benzene rings is 1. The van der Waals surface area contributed by atoms with E-state index >= 15 is 0 Å². The first-order chi connectivity index (χ1) is 10.0. The van der Waals surface area contributed by atoms with Crippen molar-refractivity contribution in [2.45, 2.75) is 24.5 Å². The molecule has 21 heavy (non-hydrogen) atoms. The Hall–Kier alpha value is -1.84. The Morgan fingerprint density at radius 2 is 2.19 bits per heavy atom. The van der Waals surface area contributed by atoms with Gasteiger partial charge in [-0.25, -0.2) is 8.42 Å². The van der Waals surface area contributed by atoms with Gasteiger partial charge in [0.25, 0.3) is 0 Å². The van der Waals surface area contributed by atoms with E-state index in [1.54, 1.807) is 24.3 Å². The normalized spacial score (nSPS) is 20.1. The van der Waals surface area contributed by atoms with Crippen LogP contribution in [0.2, 0.25) is 0 Å². The van der Waals surface area contributed by atoms with Crippen LogP contribution in [-0.4, -0.2) is 31.9 Å². The van der Waals surface area contributed by atoms with Crippen molar-refractivity contribution in [1.29, 1.82) is 0 Å². The molecule has 3 N–H and O–H groups in total. The number of hydrogen-bond acceptors (Lipinski definition) is 4. The van der Waals surface area contributed by atoms with Gasteiger partial charge in [-0.1, -0.05) is 24.3 Å². The fourth-order valence-corrected chi connectivity index (χ4v) is 4.10. The molecule has 1 amide bonds. The number of nitrogens with two attached hydrogens (primary N) is 1. The minimum Gasteiger partial charge on any atom is -0.325 e. The van der Waals surface area contributed by atoms with Gasteiger partial charge in [0.05, 0.1) is 12.3 Å². The monoisotopic (exact) mass is 306 g/mol. The van der Waals surface area contributed by atoms with E-state index in [1.807, 2.05) is 0 Å². The summed E-state index contributed by atoms with van der Waals surface area (Å²) in [5.41, 5.74) is 6.58. The molecular formula is C15H18N2O3S. The Balaban J connectivity index is 2.12. The summed E-state index contributed by atoms with van der Waals surface area (Å²) < 4.78 is 23.8. The van der Waals surface area contributed by atoms with Crippen LogP contribution < -0.4 is 11.1 Å². The predicted molar refractivity (Wildman–Crippen MR) is 82.4 cm³/mol. The Bertz CT molecular complexity index is 686. The van der Waals surface area contributed by atoms with Crippen LogP contribution in [0.3, 0.4) is 0 Å². The van der Waals surface area contributed by atoms with Crippen LogP contribution >= 0.6 is 0 Å². The second-order valence-corrected chi connectivity index (χ2v) is 7.23. The highest BCUT2D eigenvalue weighted by Crippen LogP contribution is 2.21. The molecule has 1 aliphatic rings. The van der Waals surface area contributed by atoms with Crippen molar-refractivity contribution < 1.29 is 13.2 Å². The van der Waals surface area contributed by atoms with Gasteiger partial charge in [0.1, 0.15) is 5.25 Å². The van der Waals surface area contributed by atoms with Crippen LogP contribution in [0.4, 0.5) is 5.69 Å². The first-order valence-corrected chi connectivity index (χ1v) is 8.56. The third-order valence-corrected chi connectivity index (χ3v) is 5.51. The summed E-state index contributed by atoms with van der Waals surface area (Å²) in [5.74, 6) is 5.23. The molecule has 0 saturated carbocycles. The lowest BCUT2D eigenvalue weighted by Gasteiger charge is -2.21. The molecule has 1 heterocycles. The molecule has 1 unspecified atom stereocenters. The van der Waals surface area contributed by atoms with Crippen molar-refractivity contribution >= 4 is 21.4 Å². The van der Waals surface area contributed by atoms with Crippen LogP contribution in [0.25, 0.3) is 0 Å². The first-order valence-electron chi connectivity index (χ1n) is 6.84. The van der Waals surface area contributed by atoms with E-state index in [0.29, 0.717) is 18.5 Å². The highest BCUT2D eigenvalue weighted by molar-refractivity contribution is 7.92. The summed E-state index contributed by atoms with van der Waals surface area (Å²) in [4.78, 5) is 12.2. The number of hydrogen-bond donors (Lipinski definition) is 2. The average Bonchev–Trinajstić information content (AvgIpc) is 2.45. The third-order valence-electron chi connectivity index (χ3n) is 3.34. The maximum Gasteiger partial charge on any atom is 0.242 e. The average molecular weight is 306 g/mol. The maximum atomic E-state index is 12.2. The standard InChI is InChI=1S/C15H18N2O3S/c16-9-4-6-12-5-3-7-13(11-12)17-15(18)14-8-1-2-10-21(14,19)20/h3,5,7,11,14H,1-2,8-10,16H2,(H,17,18). The minimum absolute atomic E-state index is 0.0904. The summed E-state index contributed by atoms with van der Waals surface area (Å²) in [6.45, 7) is 0.261. The van der Waals surface area contributed by atoms with Gasteiger partial charge >= 0.3 is 0 Å². The van der Waals surface area contributed by atoms with E-state index in [2.05, 4.69) is 17.2 Å². The van der Waals surface area contributed by atoms with E-state index in [0.717, 1.165) is 12.0 Å². The van der Waals surface area contributed by atoms with Gasteiger partial charge < -0.3 is 11.1 Å². The number of rotatable bonds is 2. The van der Waals surface area contributed by atoms with Crippen molar-refractivity contribution in [3.8, 4) is 11.8 Å². The Labute approximate surface area is 124 Å². The topological polar surface area (TPSA) is 89.3 Å². The molecule has 2 rings (SSSR count). The maximum absolute atomic E-state index is 12.2. The number of sulfone groups is 1. The SMILES string of the molecule is NCC#Cc1cccc(NC(=O)C2CCCCS2(=O)=O)c1. The van der Waals surface area contributed by atoms with Crippen LogP contribution in [0.5, 0.6) is 0 Å². The number of amides is 1. The zero-order valence-corrected chi connectivity index (χ0v) is 12.4. The quantitative estimate of drug-likeness (QED) is 0.795. The highest BCUT2D eigenvalue weighted by atomic mass is 32.2. The van der Waals surface area contributed by atoms with Gasteiger partial charge in [-0.2, -0.15) is 0 Å². The minimum atomic E-state index is -3.32. The van der Waals surface area contributed by atoms with Crippen molar-refractivity contribution in [2.75, 3.05) is 17.6 Å². The molecule has 0 spiro atoms. The Kier molecular flexibility index (Phi) is 4.99. The van der Waals surface area contributed by atoms with Gasteiger partial charge in [-0.05, 0) is 31.0 Å². The van der Waals surface area contributed by atoms with Crippen molar-refractivity contribution in [2.24, 2.45) is 5.73 Å². The molecular weight excluding hydrogens is 288 g/mol. The van der Waals surface area contributed by atoms with Gasteiger partial charge in [0.15, 0.2) is 9.84 Å². The van der Waals surface area contributed by atoms with Crippen molar-refractivity contribution in [3.63, 3.8) is 0 Å². The molecule has 0 radical (unpaired) electrons. The van der Waals surface area contributed by atoms with Gasteiger partial charge in [0.2, 0.25) is 5.91 Å². The second-order valence-electron chi connectivity index (χ2n) is 4.93. The smallest absolute Gasteiger partial charge is 0.242 e. The first kappa shape index (κ1) is 15.5. The molecule has 5 nitrogen and oxygen atoms in total. The van der Waals surface area contributed by atoms with Gasteiger partial charge in [-0.3, -0.25) is 4.79 Å². The van der Waals surface area contributed by atoms with Crippen molar-refractivity contribution in [3.05, 3.63) is 29.8 Å². The van der Waals surface area contributed by atoms with Crippen LogP contribution in [0, 0.1) is 11.8 Å². The molecule has 1 atom stereocenters.